The van der Waals surface area contributed by atoms with E-state index in [0.717, 1.165) is 11.3 Å². The molecule has 0 aliphatic carbocycles. The van der Waals surface area contributed by atoms with Gasteiger partial charge in [0.05, 0.1) is 11.1 Å². The predicted molar refractivity (Wildman–Crippen MR) is 73.1 cm³/mol. The first kappa shape index (κ1) is 13.5. The van der Waals surface area contributed by atoms with E-state index in [4.69, 9.17) is 5.26 Å². The molecule has 7 heteroatoms. The molecule has 1 aromatic heterocycles. The van der Waals surface area contributed by atoms with E-state index in [1.165, 1.54) is 12.1 Å². The van der Waals surface area contributed by atoms with E-state index in [1.54, 1.807) is 16.9 Å². The standard InChI is InChI=1S/C13H13N5O2/c1-16(8-10-7-15-17(2)9-10)12-3-4-13(18(19)20)11(5-12)6-14/h3-5,7,9H,8H2,1-2H3. The molecule has 20 heavy (non-hydrogen) atoms. The molecule has 102 valence electrons. The Morgan fingerprint density at radius 1 is 1.55 bits per heavy atom. The molecule has 0 radical (unpaired) electrons. The second-order valence-electron chi connectivity index (χ2n) is 4.45. The van der Waals surface area contributed by atoms with Gasteiger partial charge in [-0.15, -0.1) is 0 Å². The average molecular weight is 271 g/mol. The van der Waals surface area contributed by atoms with Crippen molar-refractivity contribution in [2.75, 3.05) is 11.9 Å². The van der Waals surface area contributed by atoms with Crippen LogP contribution in [0.15, 0.2) is 30.6 Å². The van der Waals surface area contributed by atoms with E-state index in [-0.39, 0.29) is 11.3 Å². The molecule has 0 saturated heterocycles. The minimum atomic E-state index is -0.552. The lowest BCUT2D eigenvalue weighted by Crippen LogP contribution is -2.16. The van der Waals surface area contributed by atoms with Gasteiger partial charge in [0.25, 0.3) is 5.69 Å². The summed E-state index contributed by atoms with van der Waals surface area (Å²) < 4.78 is 1.71. The number of rotatable bonds is 4. The van der Waals surface area contributed by atoms with Crippen LogP contribution in [0.5, 0.6) is 0 Å². The van der Waals surface area contributed by atoms with Gasteiger partial charge in [-0.25, -0.2) is 0 Å². The molecule has 1 heterocycles. The van der Waals surface area contributed by atoms with Crippen LogP contribution in [0.25, 0.3) is 0 Å². The van der Waals surface area contributed by atoms with Gasteiger partial charge in [0.1, 0.15) is 11.6 Å². The lowest BCUT2D eigenvalue weighted by Gasteiger charge is -2.18. The smallest absolute Gasteiger partial charge is 0.287 e. The third kappa shape index (κ3) is 2.75. The van der Waals surface area contributed by atoms with Crippen molar-refractivity contribution in [1.82, 2.24) is 9.78 Å². The number of hydrogen-bond donors (Lipinski definition) is 0. The highest BCUT2D eigenvalue weighted by Crippen LogP contribution is 2.24. The monoisotopic (exact) mass is 271 g/mol. The number of hydrogen-bond acceptors (Lipinski definition) is 5. The molecule has 0 unspecified atom stereocenters. The Hall–Kier alpha value is -2.88. The van der Waals surface area contributed by atoms with Gasteiger partial charge in [0.15, 0.2) is 0 Å². The highest BCUT2D eigenvalue weighted by molar-refractivity contribution is 5.59. The van der Waals surface area contributed by atoms with Gasteiger partial charge in [0.2, 0.25) is 0 Å². The number of benzene rings is 1. The van der Waals surface area contributed by atoms with Crippen molar-refractivity contribution in [3.05, 3.63) is 51.8 Å². The molecule has 0 amide bonds. The highest BCUT2D eigenvalue weighted by Gasteiger charge is 2.15. The van der Waals surface area contributed by atoms with Crippen molar-refractivity contribution in [1.29, 1.82) is 5.26 Å². The van der Waals surface area contributed by atoms with E-state index in [2.05, 4.69) is 5.10 Å². The Morgan fingerprint density at radius 3 is 2.85 bits per heavy atom. The van der Waals surface area contributed by atoms with Crippen molar-refractivity contribution >= 4 is 11.4 Å². The van der Waals surface area contributed by atoms with Gasteiger partial charge in [-0.1, -0.05) is 0 Å². The third-order valence-electron chi connectivity index (χ3n) is 2.92. The summed E-state index contributed by atoms with van der Waals surface area (Å²) >= 11 is 0. The molecule has 0 spiro atoms. The molecule has 2 rings (SSSR count). The summed E-state index contributed by atoms with van der Waals surface area (Å²) in [7, 11) is 3.69. The minimum Gasteiger partial charge on any atom is -0.370 e. The number of nitrogens with zero attached hydrogens (tertiary/aromatic N) is 5. The molecule has 0 atom stereocenters. The quantitative estimate of drug-likeness (QED) is 0.625. The lowest BCUT2D eigenvalue weighted by atomic mass is 10.1. The maximum absolute atomic E-state index is 10.8. The fourth-order valence-electron chi connectivity index (χ4n) is 1.93. The third-order valence-corrected chi connectivity index (χ3v) is 2.92. The summed E-state index contributed by atoms with van der Waals surface area (Å²) in [4.78, 5) is 12.1. The van der Waals surface area contributed by atoms with E-state index in [1.807, 2.05) is 31.3 Å². The van der Waals surface area contributed by atoms with Crippen molar-refractivity contribution < 1.29 is 4.92 Å². The van der Waals surface area contributed by atoms with E-state index in [0.29, 0.717) is 6.54 Å². The Labute approximate surface area is 115 Å². The van der Waals surface area contributed by atoms with Gasteiger partial charge in [-0.05, 0) is 12.1 Å². The van der Waals surface area contributed by atoms with Crippen LogP contribution in [0.3, 0.4) is 0 Å². The van der Waals surface area contributed by atoms with E-state index < -0.39 is 4.92 Å². The summed E-state index contributed by atoms with van der Waals surface area (Å²) in [5, 5.41) is 23.8. The van der Waals surface area contributed by atoms with Gasteiger partial charge in [-0.3, -0.25) is 14.8 Å². The van der Waals surface area contributed by atoms with E-state index >= 15 is 0 Å². The highest BCUT2D eigenvalue weighted by atomic mass is 16.6. The zero-order valence-electron chi connectivity index (χ0n) is 11.1. The number of anilines is 1. The van der Waals surface area contributed by atoms with Crippen molar-refractivity contribution in [2.45, 2.75) is 6.54 Å². The normalized spacial score (nSPS) is 10.1. The van der Waals surface area contributed by atoms with Gasteiger partial charge >= 0.3 is 0 Å². The number of nitro benzene ring substituents is 1. The van der Waals surface area contributed by atoms with Crippen molar-refractivity contribution in [2.24, 2.45) is 7.05 Å². The molecule has 7 nitrogen and oxygen atoms in total. The molecule has 0 aliphatic rings. The van der Waals surface area contributed by atoms with Gasteiger partial charge < -0.3 is 4.90 Å². The van der Waals surface area contributed by atoms with Crippen LogP contribution in [0, 0.1) is 21.4 Å². The summed E-state index contributed by atoms with van der Waals surface area (Å²) in [5.74, 6) is 0. The Bertz CT molecular complexity index is 686. The SMILES string of the molecule is CN(Cc1cnn(C)c1)c1ccc([N+](=O)[O-])c(C#N)c1. The summed E-state index contributed by atoms with van der Waals surface area (Å²) in [6.45, 7) is 0.608. The van der Waals surface area contributed by atoms with Crippen molar-refractivity contribution in [3.63, 3.8) is 0 Å². The molecule has 2 aromatic rings. The van der Waals surface area contributed by atoms with Crippen LogP contribution in [-0.4, -0.2) is 21.8 Å². The molecule has 0 aliphatic heterocycles. The zero-order valence-corrected chi connectivity index (χ0v) is 11.1. The van der Waals surface area contributed by atoms with Crippen LogP contribution < -0.4 is 4.90 Å². The van der Waals surface area contributed by atoms with Crippen LogP contribution in [0.4, 0.5) is 11.4 Å². The predicted octanol–water partition coefficient (Wildman–Crippen LogP) is 1.84. The Morgan fingerprint density at radius 2 is 2.30 bits per heavy atom. The van der Waals surface area contributed by atoms with Crippen LogP contribution >= 0.6 is 0 Å². The molecular weight excluding hydrogens is 258 g/mol. The number of nitro groups is 1. The molecule has 0 bridgehead atoms. The summed E-state index contributed by atoms with van der Waals surface area (Å²) in [6, 6.07) is 6.37. The maximum atomic E-state index is 10.8. The van der Waals surface area contributed by atoms with Crippen LogP contribution in [-0.2, 0) is 13.6 Å². The largest absolute Gasteiger partial charge is 0.370 e. The molecule has 0 fully saturated rings. The van der Waals surface area contributed by atoms with Gasteiger partial charge in [0, 0.05) is 44.2 Å². The van der Waals surface area contributed by atoms with E-state index in [9.17, 15) is 10.1 Å². The first-order valence-corrected chi connectivity index (χ1v) is 5.88. The number of aromatic nitrogens is 2. The number of aryl methyl sites for hydroxylation is 1. The van der Waals surface area contributed by atoms with Crippen LogP contribution in [0.1, 0.15) is 11.1 Å². The zero-order chi connectivity index (χ0) is 14.7. The summed E-state index contributed by atoms with van der Waals surface area (Å²) in [6.07, 6.45) is 3.65. The van der Waals surface area contributed by atoms with Gasteiger partial charge in [-0.2, -0.15) is 10.4 Å². The lowest BCUT2D eigenvalue weighted by molar-refractivity contribution is -0.385. The maximum Gasteiger partial charge on any atom is 0.287 e. The fraction of sp³-hybridized carbons (Fsp3) is 0.231. The molecule has 0 N–H and O–H groups in total. The van der Waals surface area contributed by atoms with Crippen molar-refractivity contribution in [3.8, 4) is 6.07 Å². The second-order valence-corrected chi connectivity index (χ2v) is 4.45. The Kier molecular flexibility index (Phi) is 3.66. The Balaban J connectivity index is 2.24. The van der Waals surface area contributed by atoms with Crippen LogP contribution in [0.2, 0.25) is 0 Å². The first-order valence-electron chi connectivity index (χ1n) is 5.88. The summed E-state index contributed by atoms with van der Waals surface area (Å²) in [5.41, 5.74) is 1.65. The molecule has 0 saturated carbocycles. The first-order chi connectivity index (χ1) is 9.51. The minimum absolute atomic E-state index is 0.0607. The number of nitriles is 1. The average Bonchev–Trinajstić information content (AvgIpc) is 2.83. The fourth-order valence-corrected chi connectivity index (χ4v) is 1.93. The molecule has 1 aromatic carbocycles. The second kappa shape index (κ2) is 5.40. The topological polar surface area (TPSA) is 88.0 Å². The molecular formula is C13H13N5O2.